The molecule has 2 heterocycles. The molecule has 1 atom stereocenters. The average molecular weight is 241 g/mol. The van der Waals surface area contributed by atoms with Gasteiger partial charge in [-0.25, -0.2) is 0 Å². The van der Waals surface area contributed by atoms with Crippen molar-refractivity contribution in [1.29, 1.82) is 0 Å². The SMILES string of the molecule is COc1csc(C(=O)N2CCCC(O)C2)c1. The molecule has 16 heavy (non-hydrogen) atoms. The van der Waals surface area contributed by atoms with E-state index in [4.69, 9.17) is 4.74 Å². The van der Waals surface area contributed by atoms with Gasteiger partial charge in [-0.2, -0.15) is 0 Å². The molecule has 1 aromatic heterocycles. The Balaban J connectivity index is 2.06. The molecule has 0 spiro atoms. The highest BCUT2D eigenvalue weighted by atomic mass is 32.1. The molecule has 1 unspecified atom stereocenters. The van der Waals surface area contributed by atoms with E-state index < -0.39 is 0 Å². The number of nitrogens with zero attached hydrogens (tertiary/aromatic N) is 1. The van der Waals surface area contributed by atoms with Crippen molar-refractivity contribution in [3.63, 3.8) is 0 Å². The van der Waals surface area contributed by atoms with Crippen LogP contribution in [0.2, 0.25) is 0 Å². The fourth-order valence-electron chi connectivity index (χ4n) is 1.83. The molecule has 0 radical (unpaired) electrons. The summed E-state index contributed by atoms with van der Waals surface area (Å²) in [7, 11) is 1.58. The molecule has 0 aromatic carbocycles. The summed E-state index contributed by atoms with van der Waals surface area (Å²) in [5.74, 6) is 0.706. The molecule has 1 aliphatic rings. The lowest BCUT2D eigenvalue weighted by Crippen LogP contribution is -2.41. The Hall–Kier alpha value is -1.07. The van der Waals surface area contributed by atoms with Crippen molar-refractivity contribution in [3.05, 3.63) is 16.3 Å². The number of likely N-dealkylation sites (tertiary alicyclic amines) is 1. The number of aliphatic hydroxyl groups is 1. The van der Waals surface area contributed by atoms with Crippen molar-refractivity contribution in [1.82, 2.24) is 4.90 Å². The van der Waals surface area contributed by atoms with E-state index in [-0.39, 0.29) is 12.0 Å². The molecule has 2 rings (SSSR count). The standard InChI is InChI=1S/C11H15NO3S/c1-15-9-5-10(16-7-9)11(14)12-4-2-3-8(13)6-12/h5,7-8,13H,2-4,6H2,1H3. The third kappa shape index (κ3) is 2.36. The summed E-state index contributed by atoms with van der Waals surface area (Å²) in [6.45, 7) is 1.18. The Morgan fingerprint density at radius 2 is 2.50 bits per heavy atom. The van der Waals surface area contributed by atoms with Crippen LogP contribution in [0.4, 0.5) is 0 Å². The smallest absolute Gasteiger partial charge is 0.264 e. The fraction of sp³-hybridized carbons (Fsp3) is 0.545. The molecule has 0 aliphatic carbocycles. The highest BCUT2D eigenvalue weighted by molar-refractivity contribution is 7.12. The highest BCUT2D eigenvalue weighted by Gasteiger charge is 2.24. The summed E-state index contributed by atoms with van der Waals surface area (Å²) in [6, 6.07) is 1.74. The molecule has 4 nitrogen and oxygen atoms in total. The molecule has 1 fully saturated rings. The molecule has 1 saturated heterocycles. The number of methoxy groups -OCH3 is 1. The largest absolute Gasteiger partial charge is 0.496 e. The summed E-state index contributed by atoms with van der Waals surface area (Å²) in [6.07, 6.45) is 1.28. The Labute approximate surface area is 98.4 Å². The number of carbonyl (C=O) groups is 1. The molecule has 0 saturated carbocycles. The first-order valence-corrected chi connectivity index (χ1v) is 6.18. The van der Waals surface area contributed by atoms with Gasteiger partial charge in [-0.3, -0.25) is 4.79 Å². The van der Waals surface area contributed by atoms with Crippen LogP contribution < -0.4 is 4.74 Å². The molecule has 5 heteroatoms. The minimum absolute atomic E-state index is 0.00736. The minimum atomic E-state index is -0.375. The zero-order valence-corrected chi connectivity index (χ0v) is 10.00. The normalized spacial score (nSPS) is 20.9. The van der Waals surface area contributed by atoms with Crippen LogP contribution in [0.3, 0.4) is 0 Å². The maximum absolute atomic E-state index is 12.0. The predicted octanol–water partition coefficient (Wildman–Crippen LogP) is 1.35. The first-order chi connectivity index (χ1) is 7.70. The number of ether oxygens (including phenoxy) is 1. The maximum Gasteiger partial charge on any atom is 0.264 e. The monoisotopic (exact) mass is 241 g/mol. The van der Waals surface area contributed by atoms with Crippen LogP contribution in [0, 0.1) is 0 Å². The first-order valence-electron chi connectivity index (χ1n) is 5.30. The molecule has 1 aliphatic heterocycles. The van der Waals surface area contributed by atoms with Crippen LogP contribution in [0.15, 0.2) is 11.4 Å². The Kier molecular flexibility index (Phi) is 3.46. The zero-order valence-electron chi connectivity index (χ0n) is 9.18. The predicted molar refractivity (Wildman–Crippen MR) is 62.0 cm³/mol. The third-order valence-corrected chi connectivity index (χ3v) is 3.60. The number of hydrogen-bond donors (Lipinski definition) is 1. The molecule has 1 aromatic rings. The van der Waals surface area contributed by atoms with Gasteiger partial charge in [0.2, 0.25) is 0 Å². The van der Waals surface area contributed by atoms with E-state index in [0.29, 0.717) is 17.2 Å². The van der Waals surface area contributed by atoms with E-state index in [1.54, 1.807) is 18.1 Å². The topological polar surface area (TPSA) is 49.8 Å². The van der Waals surface area contributed by atoms with E-state index in [1.807, 2.05) is 5.38 Å². The van der Waals surface area contributed by atoms with Gasteiger partial charge in [-0.15, -0.1) is 11.3 Å². The number of amides is 1. The van der Waals surface area contributed by atoms with Crippen molar-refractivity contribution >= 4 is 17.2 Å². The van der Waals surface area contributed by atoms with E-state index >= 15 is 0 Å². The molecule has 1 N–H and O–H groups in total. The minimum Gasteiger partial charge on any atom is -0.496 e. The van der Waals surface area contributed by atoms with Crippen molar-refractivity contribution in [2.75, 3.05) is 20.2 Å². The van der Waals surface area contributed by atoms with E-state index in [2.05, 4.69) is 0 Å². The van der Waals surface area contributed by atoms with E-state index in [9.17, 15) is 9.90 Å². The molecule has 0 bridgehead atoms. The third-order valence-electron chi connectivity index (χ3n) is 2.71. The van der Waals surface area contributed by atoms with Gasteiger partial charge < -0.3 is 14.7 Å². The lowest BCUT2D eigenvalue weighted by molar-refractivity contribution is 0.0477. The zero-order chi connectivity index (χ0) is 11.5. The second-order valence-corrected chi connectivity index (χ2v) is 4.81. The van der Waals surface area contributed by atoms with Crippen LogP contribution in [-0.4, -0.2) is 42.2 Å². The number of rotatable bonds is 2. The number of piperidine rings is 1. The quantitative estimate of drug-likeness (QED) is 0.850. The van der Waals surface area contributed by atoms with Gasteiger partial charge in [0, 0.05) is 24.5 Å². The maximum atomic E-state index is 12.0. The lowest BCUT2D eigenvalue weighted by atomic mass is 10.1. The van der Waals surface area contributed by atoms with Gasteiger partial charge in [0.1, 0.15) is 5.75 Å². The molecular formula is C11H15NO3S. The summed E-state index contributed by atoms with van der Waals surface area (Å²) in [4.78, 5) is 14.4. The number of aliphatic hydroxyl groups excluding tert-OH is 1. The van der Waals surface area contributed by atoms with Gasteiger partial charge in [-0.05, 0) is 12.8 Å². The molecule has 1 amide bonds. The van der Waals surface area contributed by atoms with Gasteiger partial charge in [-0.1, -0.05) is 0 Å². The van der Waals surface area contributed by atoms with Crippen LogP contribution in [0.5, 0.6) is 5.75 Å². The molecule has 88 valence electrons. The van der Waals surface area contributed by atoms with Crippen LogP contribution in [-0.2, 0) is 0 Å². The number of hydrogen-bond acceptors (Lipinski definition) is 4. The molecular weight excluding hydrogens is 226 g/mol. The lowest BCUT2D eigenvalue weighted by Gasteiger charge is -2.29. The van der Waals surface area contributed by atoms with Crippen molar-refractivity contribution in [2.45, 2.75) is 18.9 Å². The Morgan fingerprint density at radius 3 is 3.12 bits per heavy atom. The highest BCUT2D eigenvalue weighted by Crippen LogP contribution is 2.23. The van der Waals surface area contributed by atoms with Gasteiger partial charge in [0.15, 0.2) is 0 Å². The van der Waals surface area contributed by atoms with E-state index in [0.717, 1.165) is 19.4 Å². The second-order valence-electron chi connectivity index (χ2n) is 3.90. The van der Waals surface area contributed by atoms with Crippen molar-refractivity contribution < 1.29 is 14.6 Å². The van der Waals surface area contributed by atoms with Crippen LogP contribution in [0.1, 0.15) is 22.5 Å². The number of carbonyl (C=O) groups excluding carboxylic acids is 1. The summed E-state index contributed by atoms with van der Waals surface area (Å²) in [5.41, 5.74) is 0. The Bertz CT molecular complexity index is 377. The van der Waals surface area contributed by atoms with Crippen molar-refractivity contribution in [2.24, 2.45) is 0 Å². The summed E-state index contributed by atoms with van der Waals surface area (Å²) >= 11 is 1.38. The van der Waals surface area contributed by atoms with Crippen LogP contribution >= 0.6 is 11.3 Å². The van der Waals surface area contributed by atoms with Gasteiger partial charge in [0.25, 0.3) is 5.91 Å². The van der Waals surface area contributed by atoms with E-state index in [1.165, 1.54) is 11.3 Å². The first kappa shape index (κ1) is 11.4. The summed E-state index contributed by atoms with van der Waals surface area (Å²) < 4.78 is 5.04. The number of thiophene rings is 1. The Morgan fingerprint density at radius 1 is 1.69 bits per heavy atom. The second kappa shape index (κ2) is 4.84. The van der Waals surface area contributed by atoms with Gasteiger partial charge >= 0.3 is 0 Å². The fourth-order valence-corrected chi connectivity index (χ4v) is 2.65. The van der Waals surface area contributed by atoms with Gasteiger partial charge in [0.05, 0.1) is 18.1 Å². The average Bonchev–Trinajstić information content (AvgIpc) is 2.76. The number of β-amino-alcohol motifs (C(OH)–C–C–N with tert-alkyl or cyclic N) is 1. The van der Waals surface area contributed by atoms with Crippen LogP contribution in [0.25, 0.3) is 0 Å². The summed E-state index contributed by atoms with van der Waals surface area (Å²) in [5, 5.41) is 11.3. The van der Waals surface area contributed by atoms with Crippen molar-refractivity contribution in [3.8, 4) is 5.75 Å².